The summed E-state index contributed by atoms with van der Waals surface area (Å²) in [7, 11) is -3.48. The van der Waals surface area contributed by atoms with Crippen molar-refractivity contribution in [3.8, 4) is 5.75 Å². The Morgan fingerprint density at radius 2 is 1.88 bits per heavy atom. The molecule has 0 saturated carbocycles. The van der Waals surface area contributed by atoms with Gasteiger partial charge in [-0.25, -0.2) is 32.4 Å². The molecule has 1 saturated heterocycles. The highest BCUT2D eigenvalue weighted by Crippen LogP contribution is 2.25. The van der Waals surface area contributed by atoms with Gasteiger partial charge in [0, 0.05) is 31.7 Å². The first-order valence-electron chi connectivity index (χ1n) is 10.4. The Morgan fingerprint density at radius 3 is 2.50 bits per heavy atom. The fourth-order valence-corrected chi connectivity index (χ4v) is 4.18. The highest BCUT2D eigenvalue weighted by molar-refractivity contribution is 7.90. The molecule has 2 aromatic heterocycles. The third kappa shape index (κ3) is 5.04. The topological polar surface area (TPSA) is 103 Å². The number of sulfone groups is 1. The molecule has 0 unspecified atom stereocenters. The summed E-state index contributed by atoms with van der Waals surface area (Å²) in [5.41, 5.74) is 1.12. The molecule has 32 heavy (non-hydrogen) atoms. The van der Waals surface area contributed by atoms with Crippen LogP contribution in [-0.4, -0.2) is 52.5 Å². The Labute approximate surface area is 186 Å². The number of ether oxygens (including phenoxy) is 1. The SMILES string of the molecule is CCc1cnc(N2CCC(n3cnc(COc4ccc(S(C)(=O)=O)cc4F)n3)CC2)nc1. The van der Waals surface area contributed by atoms with Gasteiger partial charge in [0.2, 0.25) is 5.95 Å². The second kappa shape index (κ2) is 9.19. The van der Waals surface area contributed by atoms with E-state index < -0.39 is 15.7 Å². The summed E-state index contributed by atoms with van der Waals surface area (Å²) < 4.78 is 44.5. The van der Waals surface area contributed by atoms with Crippen LogP contribution in [0.5, 0.6) is 5.75 Å². The molecule has 1 aliphatic heterocycles. The summed E-state index contributed by atoms with van der Waals surface area (Å²) in [6.45, 7) is 3.70. The van der Waals surface area contributed by atoms with Crippen molar-refractivity contribution in [3.63, 3.8) is 0 Å². The van der Waals surface area contributed by atoms with Gasteiger partial charge in [-0.3, -0.25) is 0 Å². The van der Waals surface area contributed by atoms with E-state index in [0.29, 0.717) is 5.82 Å². The molecule has 3 heterocycles. The van der Waals surface area contributed by atoms with E-state index in [-0.39, 0.29) is 23.3 Å². The molecule has 0 bridgehead atoms. The largest absolute Gasteiger partial charge is 0.482 e. The first-order valence-corrected chi connectivity index (χ1v) is 12.3. The quantitative estimate of drug-likeness (QED) is 0.530. The molecular formula is C21H25FN6O3S. The third-order valence-electron chi connectivity index (χ3n) is 5.47. The van der Waals surface area contributed by atoms with Crippen LogP contribution >= 0.6 is 0 Å². The predicted octanol–water partition coefficient (Wildman–Crippen LogP) is 2.59. The standard InChI is InChI=1S/C21H25FN6O3S/c1-3-15-11-23-21(24-12-15)27-8-6-16(7-9-27)28-14-25-20(26-28)13-31-19-5-4-17(10-18(19)22)32(2,29)30/h4-5,10-12,14,16H,3,6-9,13H2,1-2H3. The number of hydrogen-bond acceptors (Lipinski definition) is 8. The minimum Gasteiger partial charge on any atom is -0.482 e. The average molecular weight is 461 g/mol. The molecule has 1 aliphatic rings. The number of rotatable bonds is 7. The molecule has 9 nitrogen and oxygen atoms in total. The monoisotopic (exact) mass is 460 g/mol. The molecule has 11 heteroatoms. The van der Waals surface area contributed by atoms with Gasteiger partial charge in [0.15, 0.2) is 27.2 Å². The van der Waals surface area contributed by atoms with Gasteiger partial charge in [-0.15, -0.1) is 0 Å². The van der Waals surface area contributed by atoms with Crippen LogP contribution in [0.15, 0.2) is 41.8 Å². The Bertz CT molecular complexity index is 1170. The number of halogens is 1. The minimum absolute atomic E-state index is 0.0153. The summed E-state index contributed by atoms with van der Waals surface area (Å²) in [4.78, 5) is 15.2. The van der Waals surface area contributed by atoms with Crippen molar-refractivity contribution < 1.29 is 17.5 Å². The van der Waals surface area contributed by atoms with Gasteiger partial charge < -0.3 is 9.64 Å². The van der Waals surface area contributed by atoms with Gasteiger partial charge in [0.25, 0.3) is 0 Å². The number of anilines is 1. The summed E-state index contributed by atoms with van der Waals surface area (Å²) in [6, 6.07) is 3.76. The smallest absolute Gasteiger partial charge is 0.225 e. The van der Waals surface area contributed by atoms with E-state index >= 15 is 0 Å². The molecule has 0 spiro atoms. The zero-order valence-corrected chi connectivity index (χ0v) is 18.8. The molecule has 1 fully saturated rings. The summed E-state index contributed by atoms with van der Waals surface area (Å²) in [5.74, 6) is 0.389. The minimum atomic E-state index is -3.48. The molecule has 0 N–H and O–H groups in total. The first kappa shape index (κ1) is 22.1. The lowest BCUT2D eigenvalue weighted by atomic mass is 10.1. The Kier molecular flexibility index (Phi) is 6.35. The zero-order valence-electron chi connectivity index (χ0n) is 18.0. The van der Waals surface area contributed by atoms with Gasteiger partial charge >= 0.3 is 0 Å². The van der Waals surface area contributed by atoms with Crippen LogP contribution in [0.1, 0.15) is 37.2 Å². The number of benzene rings is 1. The third-order valence-corrected chi connectivity index (χ3v) is 6.58. The maximum Gasteiger partial charge on any atom is 0.225 e. The second-order valence-corrected chi connectivity index (χ2v) is 9.77. The lowest BCUT2D eigenvalue weighted by Gasteiger charge is -2.31. The number of piperidine rings is 1. The molecular weight excluding hydrogens is 435 g/mol. The lowest BCUT2D eigenvalue weighted by molar-refractivity contribution is 0.277. The molecule has 0 aliphatic carbocycles. The van der Waals surface area contributed by atoms with Gasteiger partial charge in [-0.2, -0.15) is 5.10 Å². The fraction of sp³-hybridized carbons (Fsp3) is 0.429. The van der Waals surface area contributed by atoms with Crippen LogP contribution in [0.2, 0.25) is 0 Å². The number of aryl methyl sites for hydroxylation is 1. The van der Waals surface area contributed by atoms with Crippen molar-refractivity contribution in [1.29, 1.82) is 0 Å². The Balaban J connectivity index is 1.32. The van der Waals surface area contributed by atoms with Crippen LogP contribution in [0.25, 0.3) is 0 Å². The van der Waals surface area contributed by atoms with Crippen LogP contribution in [0.3, 0.4) is 0 Å². The predicted molar refractivity (Wildman–Crippen MR) is 116 cm³/mol. The van der Waals surface area contributed by atoms with E-state index in [4.69, 9.17) is 4.74 Å². The summed E-state index contributed by atoms with van der Waals surface area (Å²) in [5, 5.41) is 4.47. The molecule has 0 radical (unpaired) electrons. The lowest BCUT2D eigenvalue weighted by Crippen LogP contribution is -2.35. The molecule has 0 amide bonds. The molecule has 3 aromatic rings. The van der Waals surface area contributed by atoms with E-state index in [1.165, 1.54) is 12.1 Å². The van der Waals surface area contributed by atoms with E-state index in [0.717, 1.165) is 56.2 Å². The van der Waals surface area contributed by atoms with Crippen molar-refractivity contribution in [1.82, 2.24) is 24.7 Å². The number of aromatic nitrogens is 5. The number of nitrogens with zero attached hydrogens (tertiary/aromatic N) is 6. The second-order valence-electron chi connectivity index (χ2n) is 7.76. The van der Waals surface area contributed by atoms with Crippen LogP contribution < -0.4 is 9.64 Å². The molecule has 1 aromatic carbocycles. The number of hydrogen-bond donors (Lipinski definition) is 0. The van der Waals surface area contributed by atoms with Gasteiger partial charge in [-0.1, -0.05) is 6.92 Å². The fourth-order valence-electron chi connectivity index (χ4n) is 3.55. The summed E-state index contributed by atoms with van der Waals surface area (Å²) >= 11 is 0. The van der Waals surface area contributed by atoms with E-state index in [1.807, 2.05) is 17.1 Å². The van der Waals surface area contributed by atoms with E-state index in [2.05, 4.69) is 31.9 Å². The maximum absolute atomic E-state index is 14.1. The highest BCUT2D eigenvalue weighted by Gasteiger charge is 2.23. The van der Waals surface area contributed by atoms with E-state index in [9.17, 15) is 12.8 Å². The highest BCUT2D eigenvalue weighted by atomic mass is 32.2. The summed E-state index contributed by atoms with van der Waals surface area (Å²) in [6.07, 6.45) is 9.10. The maximum atomic E-state index is 14.1. The van der Waals surface area contributed by atoms with Gasteiger partial charge in [0.1, 0.15) is 12.9 Å². The van der Waals surface area contributed by atoms with Crippen molar-refractivity contribution in [3.05, 3.63) is 54.1 Å². The molecule has 170 valence electrons. The van der Waals surface area contributed by atoms with E-state index in [1.54, 1.807) is 6.33 Å². The van der Waals surface area contributed by atoms with Crippen molar-refractivity contribution in [2.75, 3.05) is 24.2 Å². The molecule has 4 rings (SSSR count). The Hall–Kier alpha value is -3.08. The van der Waals surface area contributed by atoms with Crippen LogP contribution in [0, 0.1) is 5.82 Å². The Morgan fingerprint density at radius 1 is 1.16 bits per heavy atom. The van der Waals surface area contributed by atoms with Crippen molar-refractivity contribution in [2.24, 2.45) is 0 Å². The van der Waals surface area contributed by atoms with Gasteiger partial charge in [-0.05, 0) is 43.0 Å². The molecule has 0 atom stereocenters. The normalized spacial score (nSPS) is 15.2. The van der Waals surface area contributed by atoms with Crippen molar-refractivity contribution in [2.45, 2.75) is 43.7 Å². The average Bonchev–Trinajstić information content (AvgIpc) is 3.27. The van der Waals surface area contributed by atoms with Crippen LogP contribution in [0.4, 0.5) is 10.3 Å². The first-order chi connectivity index (χ1) is 15.3. The zero-order chi connectivity index (χ0) is 22.7. The van der Waals surface area contributed by atoms with Crippen molar-refractivity contribution >= 4 is 15.8 Å². The van der Waals surface area contributed by atoms with Crippen LogP contribution in [-0.2, 0) is 22.9 Å². The van der Waals surface area contributed by atoms with Gasteiger partial charge in [0.05, 0.1) is 10.9 Å².